The molecule has 0 fully saturated rings. The molecule has 0 radical (unpaired) electrons. The average molecular weight is 338 g/mol. The van der Waals surface area contributed by atoms with E-state index >= 15 is 0 Å². The zero-order valence-electron chi connectivity index (χ0n) is 10.1. The van der Waals surface area contributed by atoms with Crippen LogP contribution in [0.1, 0.15) is 26.4 Å². The van der Waals surface area contributed by atoms with E-state index in [-0.39, 0.29) is 0 Å². The van der Waals surface area contributed by atoms with Crippen molar-refractivity contribution in [2.24, 2.45) is 0 Å². The number of rotatable bonds is 3. The highest BCUT2D eigenvalue weighted by molar-refractivity contribution is 9.10. The van der Waals surface area contributed by atoms with Crippen molar-refractivity contribution in [3.8, 4) is 0 Å². The van der Waals surface area contributed by atoms with E-state index in [9.17, 15) is 4.79 Å². The van der Waals surface area contributed by atoms with E-state index in [1.54, 1.807) is 23.5 Å². The Labute approximate surface area is 123 Å². The van der Waals surface area contributed by atoms with Crippen molar-refractivity contribution in [1.29, 1.82) is 0 Å². The molecule has 1 aromatic carbocycles. The molecule has 1 aliphatic heterocycles. The molecule has 0 amide bonds. The Kier molecular flexibility index (Phi) is 3.43. The van der Waals surface area contributed by atoms with Crippen molar-refractivity contribution in [3.05, 3.63) is 55.7 Å². The number of fused-ring (bicyclic) bond motifs is 1. The number of hydrogen-bond donors (Lipinski definition) is 1. The van der Waals surface area contributed by atoms with Crippen LogP contribution in [0.2, 0.25) is 0 Å². The highest BCUT2D eigenvalue weighted by Crippen LogP contribution is 2.28. The second-order valence-corrected chi connectivity index (χ2v) is 6.58. The number of nitrogens with zero attached hydrogens (tertiary/aromatic N) is 1. The molecule has 0 saturated heterocycles. The van der Waals surface area contributed by atoms with E-state index in [1.165, 1.54) is 10.4 Å². The van der Waals surface area contributed by atoms with Crippen molar-refractivity contribution >= 4 is 33.2 Å². The van der Waals surface area contributed by atoms with Gasteiger partial charge in [-0.3, -0.25) is 4.90 Å². The van der Waals surface area contributed by atoms with E-state index in [0.29, 0.717) is 5.56 Å². The van der Waals surface area contributed by atoms with Gasteiger partial charge in [-0.1, -0.05) is 6.07 Å². The van der Waals surface area contributed by atoms with Crippen LogP contribution in [-0.4, -0.2) is 16.0 Å². The highest BCUT2D eigenvalue weighted by Gasteiger charge is 2.20. The lowest BCUT2D eigenvalue weighted by Crippen LogP contribution is -2.14. The van der Waals surface area contributed by atoms with Crippen LogP contribution in [0.25, 0.3) is 0 Å². The van der Waals surface area contributed by atoms with Gasteiger partial charge in [0, 0.05) is 34.4 Å². The smallest absolute Gasteiger partial charge is 0.335 e. The Balaban J connectivity index is 1.75. The fraction of sp³-hybridized carbons (Fsp3) is 0.214. The second-order valence-electron chi connectivity index (χ2n) is 4.67. The number of carboxylic acid groups (broad SMARTS) is 1. The van der Waals surface area contributed by atoms with E-state index in [4.69, 9.17) is 5.11 Å². The van der Waals surface area contributed by atoms with E-state index in [2.05, 4.69) is 32.3 Å². The fourth-order valence-corrected chi connectivity index (χ4v) is 3.86. The summed E-state index contributed by atoms with van der Waals surface area (Å²) in [6.45, 7) is 2.63. The average Bonchev–Trinajstić information content (AvgIpc) is 2.94. The minimum atomic E-state index is -0.858. The van der Waals surface area contributed by atoms with Gasteiger partial charge >= 0.3 is 5.97 Å². The number of benzene rings is 1. The van der Waals surface area contributed by atoms with Crippen LogP contribution >= 0.6 is 27.3 Å². The summed E-state index contributed by atoms with van der Waals surface area (Å²) in [4.78, 5) is 14.6. The maximum atomic E-state index is 11.0. The van der Waals surface area contributed by atoms with Crippen molar-refractivity contribution < 1.29 is 9.90 Å². The van der Waals surface area contributed by atoms with Gasteiger partial charge in [-0.05, 0) is 45.3 Å². The van der Waals surface area contributed by atoms with Gasteiger partial charge in [-0.2, -0.15) is 0 Å². The molecular weight excluding hydrogens is 326 g/mol. The topological polar surface area (TPSA) is 40.5 Å². The number of aromatic carboxylic acids is 1. The molecule has 0 atom stereocenters. The third-order valence-electron chi connectivity index (χ3n) is 3.24. The first-order valence-electron chi connectivity index (χ1n) is 5.92. The first kappa shape index (κ1) is 12.8. The maximum absolute atomic E-state index is 11.0. The Hall–Kier alpha value is -1.17. The molecule has 3 rings (SSSR count). The minimum Gasteiger partial charge on any atom is -0.478 e. The molecule has 0 unspecified atom stereocenters. The molecule has 2 aromatic rings. The van der Waals surface area contributed by atoms with Crippen molar-refractivity contribution in [3.63, 3.8) is 0 Å². The zero-order valence-corrected chi connectivity index (χ0v) is 12.5. The molecule has 5 heteroatoms. The van der Waals surface area contributed by atoms with Crippen LogP contribution in [-0.2, 0) is 19.6 Å². The van der Waals surface area contributed by atoms with Crippen LogP contribution < -0.4 is 0 Å². The first-order valence-corrected chi connectivity index (χ1v) is 7.59. The summed E-state index contributed by atoms with van der Waals surface area (Å²) in [5, 5.41) is 11.1. The van der Waals surface area contributed by atoms with Crippen LogP contribution in [0.3, 0.4) is 0 Å². The van der Waals surface area contributed by atoms with Gasteiger partial charge in [-0.15, -0.1) is 11.3 Å². The summed E-state index contributed by atoms with van der Waals surface area (Å²) in [6, 6.07) is 7.55. The molecule has 1 N–H and O–H groups in total. The number of carbonyl (C=O) groups is 1. The van der Waals surface area contributed by atoms with Crippen molar-refractivity contribution in [2.45, 2.75) is 19.6 Å². The summed E-state index contributed by atoms with van der Waals surface area (Å²) in [5.74, 6) is -0.858. The molecule has 98 valence electrons. The molecule has 0 bridgehead atoms. The summed E-state index contributed by atoms with van der Waals surface area (Å²) in [6.07, 6.45) is 0. The van der Waals surface area contributed by atoms with Crippen molar-refractivity contribution in [2.75, 3.05) is 0 Å². The van der Waals surface area contributed by atoms with Gasteiger partial charge in [0.2, 0.25) is 0 Å². The monoisotopic (exact) mass is 337 g/mol. The van der Waals surface area contributed by atoms with Gasteiger partial charge in [0.1, 0.15) is 0 Å². The summed E-state index contributed by atoms with van der Waals surface area (Å²) < 4.78 is 1.12. The van der Waals surface area contributed by atoms with Gasteiger partial charge in [0.25, 0.3) is 0 Å². The van der Waals surface area contributed by atoms with Gasteiger partial charge < -0.3 is 5.11 Å². The molecule has 3 nitrogen and oxygen atoms in total. The van der Waals surface area contributed by atoms with Gasteiger partial charge in [-0.25, -0.2) is 4.79 Å². The lowest BCUT2D eigenvalue weighted by atomic mass is 10.1. The number of carboxylic acids is 1. The maximum Gasteiger partial charge on any atom is 0.335 e. The lowest BCUT2D eigenvalue weighted by molar-refractivity contribution is 0.0696. The molecule has 1 aliphatic rings. The number of thiophene rings is 1. The standard InChI is InChI=1S/C14H12BrNO2S/c15-12-4-13(19-8-12)7-16-5-10-2-1-9(14(17)18)3-11(10)6-16/h1-4,8H,5-7H2,(H,17,18). The summed E-state index contributed by atoms with van der Waals surface area (Å²) in [5.41, 5.74) is 2.75. The Morgan fingerprint density at radius 1 is 1.32 bits per heavy atom. The van der Waals surface area contributed by atoms with Crippen LogP contribution in [0.4, 0.5) is 0 Å². The lowest BCUT2D eigenvalue weighted by Gasteiger charge is -2.12. The largest absolute Gasteiger partial charge is 0.478 e. The number of halogens is 1. The van der Waals surface area contributed by atoms with Crippen LogP contribution in [0, 0.1) is 0 Å². The molecular formula is C14H12BrNO2S. The number of hydrogen-bond acceptors (Lipinski definition) is 3. The Bertz CT molecular complexity index is 638. The molecule has 0 saturated carbocycles. The van der Waals surface area contributed by atoms with Crippen LogP contribution in [0.5, 0.6) is 0 Å². The Morgan fingerprint density at radius 2 is 2.11 bits per heavy atom. The normalized spacial score (nSPS) is 14.6. The van der Waals surface area contributed by atoms with E-state index in [0.717, 1.165) is 29.7 Å². The molecule has 0 aliphatic carbocycles. The zero-order chi connectivity index (χ0) is 13.4. The highest BCUT2D eigenvalue weighted by atomic mass is 79.9. The predicted molar refractivity (Wildman–Crippen MR) is 78.4 cm³/mol. The summed E-state index contributed by atoms with van der Waals surface area (Å²) >= 11 is 5.20. The second kappa shape index (κ2) is 5.07. The fourth-order valence-electron chi connectivity index (χ4n) is 2.37. The molecule has 1 aromatic heterocycles. The third kappa shape index (κ3) is 2.73. The first-order chi connectivity index (χ1) is 9.11. The third-order valence-corrected chi connectivity index (χ3v) is 4.92. The minimum absolute atomic E-state index is 0.375. The molecule has 19 heavy (non-hydrogen) atoms. The van der Waals surface area contributed by atoms with E-state index < -0.39 is 5.97 Å². The predicted octanol–water partition coefficient (Wildman–Crippen LogP) is 3.72. The van der Waals surface area contributed by atoms with E-state index in [1.807, 2.05) is 6.07 Å². The summed E-state index contributed by atoms with van der Waals surface area (Å²) in [7, 11) is 0. The Morgan fingerprint density at radius 3 is 2.79 bits per heavy atom. The SMILES string of the molecule is O=C(O)c1ccc2c(c1)CN(Cc1cc(Br)cs1)C2. The van der Waals surface area contributed by atoms with Crippen LogP contribution in [0.15, 0.2) is 34.1 Å². The molecule has 2 heterocycles. The molecule has 0 spiro atoms. The van der Waals surface area contributed by atoms with Crippen molar-refractivity contribution in [1.82, 2.24) is 4.90 Å². The van der Waals surface area contributed by atoms with Gasteiger partial charge in [0.15, 0.2) is 0 Å². The van der Waals surface area contributed by atoms with Gasteiger partial charge in [0.05, 0.1) is 5.56 Å². The quantitative estimate of drug-likeness (QED) is 0.927.